The first-order chi connectivity index (χ1) is 12.6. The van der Waals surface area contributed by atoms with Crippen molar-refractivity contribution in [3.05, 3.63) is 86.8 Å². The number of hydrogen-bond acceptors (Lipinski definition) is 4. The fourth-order valence-electron chi connectivity index (χ4n) is 3.15. The van der Waals surface area contributed by atoms with Gasteiger partial charge in [-0.1, -0.05) is 30.3 Å². The van der Waals surface area contributed by atoms with Crippen molar-refractivity contribution < 1.29 is 12.8 Å². The molecule has 1 aliphatic carbocycles. The first kappa shape index (κ1) is 17.3. The van der Waals surface area contributed by atoms with Crippen LogP contribution in [0, 0.1) is 0 Å². The maximum Gasteiger partial charge on any atom is 0.239 e. The second-order valence-corrected chi connectivity index (χ2v) is 9.26. The van der Waals surface area contributed by atoms with Gasteiger partial charge in [0.15, 0.2) is 0 Å². The van der Waals surface area contributed by atoms with Gasteiger partial charge in [0, 0.05) is 11.4 Å². The summed E-state index contributed by atoms with van der Waals surface area (Å²) in [6, 6.07) is 15.4. The van der Waals surface area contributed by atoms with E-state index in [0.29, 0.717) is 23.6 Å². The predicted molar refractivity (Wildman–Crippen MR) is 104 cm³/mol. The first-order valence-electron chi connectivity index (χ1n) is 8.46. The largest absolute Gasteiger partial charge is 0.468 e. The van der Waals surface area contributed by atoms with E-state index in [1.165, 1.54) is 9.87 Å². The maximum atomic E-state index is 13.4. The number of thiophene rings is 1. The zero-order valence-corrected chi connectivity index (χ0v) is 15.8. The molecule has 0 saturated carbocycles. The Morgan fingerprint density at radius 2 is 1.88 bits per heavy atom. The Morgan fingerprint density at radius 1 is 1.00 bits per heavy atom. The number of benzene rings is 1. The number of sulfonamides is 1. The van der Waals surface area contributed by atoms with Crippen molar-refractivity contribution in [2.24, 2.45) is 0 Å². The molecule has 134 valence electrons. The Morgan fingerprint density at radius 3 is 2.65 bits per heavy atom. The number of furan rings is 1. The van der Waals surface area contributed by atoms with Gasteiger partial charge in [-0.15, -0.1) is 11.3 Å². The minimum absolute atomic E-state index is 0.228. The summed E-state index contributed by atoms with van der Waals surface area (Å²) in [7, 11) is -3.58. The molecule has 0 unspecified atom stereocenters. The molecular formula is C20H19NO3S2. The average molecular weight is 386 g/mol. The monoisotopic (exact) mass is 385 g/mol. The summed E-state index contributed by atoms with van der Waals surface area (Å²) in [5, 5.41) is 1.96. The summed E-state index contributed by atoms with van der Waals surface area (Å²) >= 11 is 1.56. The highest BCUT2D eigenvalue weighted by molar-refractivity contribution is 7.93. The van der Waals surface area contributed by atoms with E-state index >= 15 is 0 Å². The van der Waals surface area contributed by atoms with Gasteiger partial charge in [0.05, 0.1) is 17.7 Å². The number of rotatable bonds is 6. The molecule has 0 atom stereocenters. The van der Waals surface area contributed by atoms with Crippen molar-refractivity contribution in [2.75, 3.05) is 0 Å². The third-order valence-corrected chi connectivity index (χ3v) is 7.29. The van der Waals surface area contributed by atoms with Crippen LogP contribution in [-0.4, -0.2) is 12.7 Å². The fourth-order valence-corrected chi connectivity index (χ4v) is 5.53. The molecule has 4 nitrogen and oxygen atoms in total. The van der Waals surface area contributed by atoms with Crippen LogP contribution in [0.5, 0.6) is 0 Å². The lowest BCUT2D eigenvalue weighted by atomic mass is 9.98. The van der Waals surface area contributed by atoms with E-state index in [4.69, 9.17) is 4.42 Å². The van der Waals surface area contributed by atoms with Crippen molar-refractivity contribution in [3.8, 4) is 0 Å². The van der Waals surface area contributed by atoms with E-state index in [9.17, 15) is 8.42 Å². The van der Waals surface area contributed by atoms with Gasteiger partial charge in [-0.25, -0.2) is 8.42 Å². The topological polar surface area (TPSA) is 50.5 Å². The standard InChI is InChI=1S/C20H19NO3S2/c22-26(23,20-10-9-16-5-1-2-6-17(16)13-20)21(14-18-7-3-11-24-18)15-19-8-4-12-25-19/h1-8,11-13H,9-10,14-15H2. The van der Waals surface area contributed by atoms with E-state index < -0.39 is 10.0 Å². The van der Waals surface area contributed by atoms with Crippen molar-refractivity contribution in [1.29, 1.82) is 0 Å². The number of allylic oxidation sites excluding steroid dienone is 1. The molecule has 2 heterocycles. The van der Waals surface area contributed by atoms with Crippen LogP contribution < -0.4 is 0 Å². The lowest BCUT2D eigenvalue weighted by Gasteiger charge is -2.24. The van der Waals surface area contributed by atoms with Gasteiger partial charge < -0.3 is 4.42 Å². The van der Waals surface area contributed by atoms with Gasteiger partial charge in [-0.3, -0.25) is 0 Å². The average Bonchev–Trinajstić information content (AvgIpc) is 3.35. The third-order valence-electron chi connectivity index (χ3n) is 4.51. The number of hydrogen-bond donors (Lipinski definition) is 0. The van der Waals surface area contributed by atoms with Crippen LogP contribution >= 0.6 is 11.3 Å². The van der Waals surface area contributed by atoms with E-state index in [0.717, 1.165) is 16.9 Å². The van der Waals surface area contributed by atoms with Crippen LogP contribution in [0.4, 0.5) is 0 Å². The number of aryl methyl sites for hydroxylation is 1. The zero-order chi connectivity index (χ0) is 18.0. The van der Waals surface area contributed by atoms with E-state index in [1.54, 1.807) is 23.7 Å². The second kappa shape index (κ2) is 7.23. The summed E-state index contributed by atoms with van der Waals surface area (Å²) in [4.78, 5) is 1.48. The van der Waals surface area contributed by atoms with Crippen LogP contribution in [0.2, 0.25) is 0 Å². The lowest BCUT2D eigenvalue weighted by molar-refractivity contribution is 0.363. The van der Waals surface area contributed by atoms with Gasteiger partial charge in [0.2, 0.25) is 10.0 Å². The fraction of sp³-hybridized carbons (Fsp3) is 0.200. The quantitative estimate of drug-likeness (QED) is 0.620. The lowest BCUT2D eigenvalue weighted by Crippen LogP contribution is -2.31. The summed E-state index contributed by atoms with van der Waals surface area (Å²) < 4.78 is 33.6. The SMILES string of the molecule is O=S(=O)(C1=Cc2ccccc2CC1)N(Cc1ccco1)Cc1cccs1. The Hall–Kier alpha value is -2.15. The minimum Gasteiger partial charge on any atom is -0.468 e. The molecule has 0 radical (unpaired) electrons. The molecule has 0 amide bonds. The van der Waals surface area contributed by atoms with E-state index in [1.807, 2.05) is 47.9 Å². The van der Waals surface area contributed by atoms with Crippen molar-refractivity contribution in [2.45, 2.75) is 25.9 Å². The van der Waals surface area contributed by atoms with Gasteiger partial charge in [-0.05, 0) is 53.6 Å². The highest BCUT2D eigenvalue weighted by Crippen LogP contribution is 2.30. The molecule has 26 heavy (non-hydrogen) atoms. The van der Waals surface area contributed by atoms with Crippen LogP contribution in [0.1, 0.15) is 28.2 Å². The zero-order valence-electron chi connectivity index (χ0n) is 14.2. The molecule has 1 aromatic carbocycles. The molecule has 2 aromatic heterocycles. The van der Waals surface area contributed by atoms with Crippen molar-refractivity contribution in [1.82, 2.24) is 4.31 Å². The Labute approximate surface area is 157 Å². The number of nitrogens with zero attached hydrogens (tertiary/aromatic N) is 1. The molecule has 0 N–H and O–H groups in total. The van der Waals surface area contributed by atoms with Crippen molar-refractivity contribution in [3.63, 3.8) is 0 Å². The Bertz CT molecular complexity index is 967. The highest BCUT2D eigenvalue weighted by Gasteiger charge is 2.29. The third kappa shape index (κ3) is 3.53. The van der Waals surface area contributed by atoms with Gasteiger partial charge in [-0.2, -0.15) is 4.31 Å². The van der Waals surface area contributed by atoms with Gasteiger partial charge in [0.1, 0.15) is 5.76 Å². The van der Waals surface area contributed by atoms with Crippen LogP contribution in [-0.2, 0) is 29.5 Å². The van der Waals surface area contributed by atoms with Crippen LogP contribution in [0.3, 0.4) is 0 Å². The molecule has 6 heteroatoms. The summed E-state index contributed by atoms with van der Waals surface area (Å²) in [5.74, 6) is 0.641. The van der Waals surface area contributed by atoms with E-state index in [2.05, 4.69) is 6.07 Å². The smallest absolute Gasteiger partial charge is 0.239 e. The molecule has 1 aliphatic rings. The molecule has 0 fully saturated rings. The van der Waals surface area contributed by atoms with Crippen molar-refractivity contribution >= 4 is 27.4 Å². The summed E-state index contributed by atoms with van der Waals surface area (Å²) in [6.45, 7) is 0.575. The Balaban J connectivity index is 1.68. The highest BCUT2D eigenvalue weighted by atomic mass is 32.2. The number of fused-ring (bicyclic) bond motifs is 1. The Kier molecular flexibility index (Phi) is 4.80. The molecule has 4 rings (SSSR count). The summed E-state index contributed by atoms with van der Waals surface area (Å²) in [6.07, 6.45) is 4.66. The molecule has 0 spiro atoms. The molecule has 3 aromatic rings. The maximum absolute atomic E-state index is 13.4. The van der Waals surface area contributed by atoms with Crippen LogP contribution in [0.15, 0.2) is 69.5 Å². The van der Waals surface area contributed by atoms with Crippen LogP contribution in [0.25, 0.3) is 6.08 Å². The van der Waals surface area contributed by atoms with E-state index in [-0.39, 0.29) is 6.54 Å². The van der Waals surface area contributed by atoms with Gasteiger partial charge in [0.25, 0.3) is 0 Å². The summed E-state index contributed by atoms with van der Waals surface area (Å²) in [5.41, 5.74) is 2.19. The minimum atomic E-state index is -3.58. The molecular weight excluding hydrogens is 366 g/mol. The normalized spacial score (nSPS) is 14.3. The molecule has 0 aliphatic heterocycles. The molecule has 0 bridgehead atoms. The second-order valence-electron chi connectivity index (χ2n) is 6.24. The van der Waals surface area contributed by atoms with Gasteiger partial charge >= 0.3 is 0 Å². The first-order valence-corrected chi connectivity index (χ1v) is 10.8. The molecule has 0 saturated heterocycles. The predicted octanol–water partition coefficient (Wildman–Crippen LogP) is 4.66.